The van der Waals surface area contributed by atoms with Gasteiger partial charge in [0, 0.05) is 12.2 Å². The Hall–Kier alpha value is -2.28. The first-order chi connectivity index (χ1) is 9.43. The molecule has 0 unspecified atom stereocenters. The number of hydrogen-bond donors (Lipinski definition) is 1. The number of hydrogen-bond acceptors (Lipinski definition) is 1. The molecule has 0 aliphatic carbocycles. The predicted octanol–water partition coefficient (Wildman–Crippen LogP) is 4.49. The van der Waals surface area contributed by atoms with Crippen LogP contribution in [0, 0.1) is 0 Å². The molecular weight excluding hydrogens is 230 g/mol. The molecule has 0 aromatic heterocycles. The minimum Gasteiger partial charge on any atom is -0.384 e. The van der Waals surface area contributed by atoms with Gasteiger partial charge in [-0.2, -0.15) is 0 Å². The average molecular weight is 247 g/mol. The Labute approximate surface area is 113 Å². The van der Waals surface area contributed by atoms with Crippen LogP contribution in [0.1, 0.15) is 5.56 Å². The summed E-state index contributed by atoms with van der Waals surface area (Å²) in [5.41, 5.74) is 2.77. The van der Waals surface area contributed by atoms with Gasteiger partial charge in [-0.05, 0) is 28.8 Å². The lowest BCUT2D eigenvalue weighted by atomic mass is 10.1. The maximum Gasteiger partial charge on any atom is 0.0373 e. The molecule has 0 saturated heterocycles. The highest BCUT2D eigenvalue weighted by Gasteiger charge is 2.05. The summed E-state index contributed by atoms with van der Waals surface area (Å²) in [6, 6.07) is 25.2. The Morgan fingerprint density at radius 3 is 1.74 bits per heavy atom. The van der Waals surface area contributed by atoms with Crippen LogP contribution in [-0.2, 0) is 6.42 Å². The fourth-order valence-electron chi connectivity index (χ4n) is 2.38. The minimum atomic E-state index is 1.11. The Kier molecular flexibility index (Phi) is 3.46. The van der Waals surface area contributed by atoms with Gasteiger partial charge in [0.15, 0.2) is 0 Å². The number of anilines is 1. The zero-order valence-corrected chi connectivity index (χ0v) is 10.8. The molecule has 0 spiro atoms. The summed E-state index contributed by atoms with van der Waals surface area (Å²) in [6.07, 6.45) is 1.19. The quantitative estimate of drug-likeness (QED) is 0.617. The van der Waals surface area contributed by atoms with Crippen LogP contribution >= 0.6 is 0 Å². The third-order valence-electron chi connectivity index (χ3n) is 3.39. The molecule has 1 aliphatic rings. The Bertz CT molecular complexity index is 585. The third kappa shape index (κ3) is 2.76. The molecule has 1 aliphatic heterocycles. The van der Waals surface area contributed by atoms with Crippen molar-refractivity contribution < 1.29 is 0 Å². The van der Waals surface area contributed by atoms with Crippen LogP contribution in [0.25, 0.3) is 10.8 Å². The number of nitrogens with one attached hydrogen (secondary N) is 1. The molecule has 1 heterocycles. The van der Waals surface area contributed by atoms with Crippen molar-refractivity contribution in [2.24, 2.45) is 0 Å². The lowest BCUT2D eigenvalue weighted by Crippen LogP contribution is -1.90. The van der Waals surface area contributed by atoms with Crippen molar-refractivity contribution in [1.29, 1.82) is 0 Å². The fraction of sp³-hybridized carbons (Fsp3) is 0.111. The van der Waals surface area contributed by atoms with E-state index in [2.05, 4.69) is 78.1 Å². The molecule has 0 atom stereocenters. The van der Waals surface area contributed by atoms with Crippen LogP contribution in [-0.4, -0.2) is 6.54 Å². The van der Waals surface area contributed by atoms with E-state index in [0.717, 1.165) is 6.54 Å². The molecule has 1 heteroatoms. The molecule has 0 radical (unpaired) electrons. The maximum atomic E-state index is 3.30. The molecule has 4 rings (SSSR count). The van der Waals surface area contributed by atoms with Crippen LogP contribution in [0.5, 0.6) is 0 Å². The monoisotopic (exact) mass is 247 g/mol. The van der Waals surface area contributed by atoms with E-state index in [1.165, 1.54) is 28.4 Å². The van der Waals surface area contributed by atoms with Gasteiger partial charge in [0.2, 0.25) is 0 Å². The van der Waals surface area contributed by atoms with E-state index < -0.39 is 0 Å². The van der Waals surface area contributed by atoms with Gasteiger partial charge >= 0.3 is 0 Å². The van der Waals surface area contributed by atoms with Crippen LogP contribution in [0.15, 0.2) is 72.8 Å². The van der Waals surface area contributed by atoms with Crippen molar-refractivity contribution in [3.8, 4) is 0 Å². The highest BCUT2D eigenvalue weighted by molar-refractivity contribution is 5.82. The summed E-state index contributed by atoms with van der Waals surface area (Å²) in [5, 5.41) is 5.92. The largest absolute Gasteiger partial charge is 0.384 e. The second-order valence-electron chi connectivity index (χ2n) is 4.68. The Morgan fingerprint density at radius 1 is 0.632 bits per heavy atom. The van der Waals surface area contributed by atoms with Crippen molar-refractivity contribution >= 4 is 16.5 Å². The first-order valence-electron chi connectivity index (χ1n) is 6.69. The zero-order chi connectivity index (χ0) is 12.9. The summed E-state index contributed by atoms with van der Waals surface area (Å²) in [7, 11) is 0. The Morgan fingerprint density at radius 2 is 1.16 bits per heavy atom. The highest BCUT2D eigenvalue weighted by Crippen LogP contribution is 2.19. The molecule has 1 nitrogen and oxygen atoms in total. The molecule has 3 aromatic rings. The molecular formula is C18H17N. The molecule has 0 saturated carbocycles. The van der Waals surface area contributed by atoms with Crippen LogP contribution in [0.4, 0.5) is 5.69 Å². The lowest BCUT2D eigenvalue weighted by molar-refractivity contribution is 1.11. The summed E-state index contributed by atoms with van der Waals surface area (Å²) in [6.45, 7) is 1.11. The fourth-order valence-corrected chi connectivity index (χ4v) is 2.38. The summed E-state index contributed by atoms with van der Waals surface area (Å²) in [5.74, 6) is 0. The summed E-state index contributed by atoms with van der Waals surface area (Å²) in [4.78, 5) is 0. The maximum absolute atomic E-state index is 3.30. The first-order valence-corrected chi connectivity index (χ1v) is 6.69. The van der Waals surface area contributed by atoms with Crippen molar-refractivity contribution in [2.45, 2.75) is 6.42 Å². The third-order valence-corrected chi connectivity index (χ3v) is 3.39. The van der Waals surface area contributed by atoms with Crippen molar-refractivity contribution in [1.82, 2.24) is 0 Å². The zero-order valence-electron chi connectivity index (χ0n) is 10.8. The van der Waals surface area contributed by atoms with Gasteiger partial charge in [0.05, 0.1) is 0 Å². The van der Waals surface area contributed by atoms with E-state index in [0.29, 0.717) is 0 Å². The predicted molar refractivity (Wildman–Crippen MR) is 82.6 cm³/mol. The molecule has 94 valence electrons. The van der Waals surface area contributed by atoms with Crippen molar-refractivity contribution in [3.63, 3.8) is 0 Å². The minimum absolute atomic E-state index is 1.11. The molecule has 19 heavy (non-hydrogen) atoms. The summed E-state index contributed by atoms with van der Waals surface area (Å²) < 4.78 is 0. The van der Waals surface area contributed by atoms with Gasteiger partial charge in [0.1, 0.15) is 0 Å². The van der Waals surface area contributed by atoms with Gasteiger partial charge in [-0.3, -0.25) is 0 Å². The van der Waals surface area contributed by atoms with Crippen LogP contribution < -0.4 is 5.32 Å². The standard InChI is InChI=1S/C10H8.C8H9N/c1-2-6-10-8-4-3-7-9(10)5-1;1-2-4-8-7(3-1)5-6-9-8/h1-8H;1-4,9H,5-6H2. The number of para-hydroxylation sites is 1. The first kappa shape index (κ1) is 11.8. The van der Waals surface area contributed by atoms with E-state index in [9.17, 15) is 0 Å². The Balaban J connectivity index is 0.000000117. The molecule has 0 amide bonds. The van der Waals surface area contributed by atoms with Crippen molar-refractivity contribution in [3.05, 3.63) is 78.4 Å². The van der Waals surface area contributed by atoms with E-state index >= 15 is 0 Å². The van der Waals surface area contributed by atoms with Gasteiger partial charge in [-0.25, -0.2) is 0 Å². The SMILES string of the molecule is c1ccc2c(c1)CCN2.c1ccc2ccccc2c1. The van der Waals surface area contributed by atoms with E-state index in [1.54, 1.807) is 0 Å². The molecule has 0 fully saturated rings. The second-order valence-corrected chi connectivity index (χ2v) is 4.68. The van der Waals surface area contributed by atoms with E-state index in [-0.39, 0.29) is 0 Å². The summed E-state index contributed by atoms with van der Waals surface area (Å²) >= 11 is 0. The number of rotatable bonds is 0. The molecule has 1 N–H and O–H groups in total. The van der Waals surface area contributed by atoms with E-state index in [1.807, 2.05) is 0 Å². The number of fused-ring (bicyclic) bond motifs is 2. The second kappa shape index (κ2) is 5.57. The molecule has 0 bridgehead atoms. The molecule has 3 aromatic carbocycles. The smallest absolute Gasteiger partial charge is 0.0373 e. The van der Waals surface area contributed by atoms with Gasteiger partial charge < -0.3 is 5.32 Å². The highest BCUT2D eigenvalue weighted by atomic mass is 14.9. The number of benzene rings is 3. The van der Waals surface area contributed by atoms with E-state index in [4.69, 9.17) is 0 Å². The topological polar surface area (TPSA) is 12.0 Å². The van der Waals surface area contributed by atoms with Gasteiger partial charge in [-0.1, -0.05) is 66.7 Å². The van der Waals surface area contributed by atoms with Crippen LogP contribution in [0.2, 0.25) is 0 Å². The van der Waals surface area contributed by atoms with Crippen molar-refractivity contribution in [2.75, 3.05) is 11.9 Å². The van der Waals surface area contributed by atoms with Gasteiger partial charge in [0.25, 0.3) is 0 Å². The normalized spacial score (nSPS) is 12.2. The van der Waals surface area contributed by atoms with Crippen LogP contribution in [0.3, 0.4) is 0 Å². The average Bonchev–Trinajstić information content (AvgIpc) is 2.96. The van der Waals surface area contributed by atoms with Gasteiger partial charge in [-0.15, -0.1) is 0 Å². The lowest BCUT2D eigenvalue weighted by Gasteiger charge is -1.94.